The van der Waals surface area contributed by atoms with E-state index in [1.54, 1.807) is 46.2 Å². The molecular formula is C20H19ClN3O3S5+. The van der Waals surface area contributed by atoms with E-state index in [9.17, 15) is 13.2 Å². The quantitative estimate of drug-likeness (QED) is 0.329. The Balaban J connectivity index is 1.65. The summed E-state index contributed by atoms with van der Waals surface area (Å²) >= 11 is 12.6. The van der Waals surface area contributed by atoms with E-state index in [2.05, 4.69) is 10.0 Å². The van der Waals surface area contributed by atoms with Gasteiger partial charge in [0.1, 0.15) is 0 Å². The predicted octanol–water partition coefficient (Wildman–Crippen LogP) is 5.16. The Morgan fingerprint density at radius 2 is 2.09 bits per heavy atom. The molecule has 6 nitrogen and oxygen atoms in total. The third kappa shape index (κ3) is 5.52. The standard InChI is InChI=1S/C20H18ClN3O3S5/c1-11(6-17-22-13-8-12(21)4-5-15(13)29-17)7-18-24(10-16(25)23-32(3,26)27)14-9-19(28-2)31-20(14)30-18/h4-9H,10H2,1-3H3,(H,23,25)/p+1. The Bertz CT molecular complexity index is 1390. The molecule has 32 heavy (non-hydrogen) atoms. The van der Waals surface area contributed by atoms with Gasteiger partial charge in [0.05, 0.1) is 21.2 Å². The summed E-state index contributed by atoms with van der Waals surface area (Å²) in [6.45, 7) is 1.91. The van der Waals surface area contributed by atoms with E-state index in [1.165, 1.54) is 0 Å². The molecule has 0 radical (unpaired) electrons. The van der Waals surface area contributed by atoms with Crippen molar-refractivity contribution in [3.05, 3.63) is 51.0 Å². The van der Waals surface area contributed by atoms with Gasteiger partial charge in [-0.15, -0.1) is 23.1 Å². The van der Waals surface area contributed by atoms with Crippen LogP contribution in [-0.2, 0) is 21.4 Å². The van der Waals surface area contributed by atoms with Crippen molar-refractivity contribution >= 4 is 95.0 Å². The number of carbonyl (C=O) groups is 1. The Labute approximate surface area is 207 Å². The minimum atomic E-state index is -3.62. The molecule has 0 unspecified atom stereocenters. The zero-order valence-electron chi connectivity index (χ0n) is 17.3. The fraction of sp³-hybridized carbons (Fsp3) is 0.200. The van der Waals surface area contributed by atoms with Gasteiger partial charge < -0.3 is 5.32 Å². The third-order valence-electron chi connectivity index (χ3n) is 4.34. The maximum Gasteiger partial charge on any atom is 0.299 e. The lowest BCUT2D eigenvalue weighted by atomic mass is 10.2. The van der Waals surface area contributed by atoms with Crippen LogP contribution in [0.2, 0.25) is 5.02 Å². The summed E-state index contributed by atoms with van der Waals surface area (Å²) in [5, 5.41) is 5.91. The molecule has 168 valence electrons. The number of fused-ring (bicyclic) bond motifs is 2. The van der Waals surface area contributed by atoms with E-state index in [-0.39, 0.29) is 6.54 Å². The lowest BCUT2D eigenvalue weighted by Crippen LogP contribution is -2.45. The number of thiophene rings is 1. The minimum Gasteiger partial charge on any atom is -0.349 e. The summed E-state index contributed by atoms with van der Waals surface area (Å²) in [6.07, 6.45) is 7.03. The third-order valence-corrected chi connectivity index (χ3v) is 9.62. The lowest BCUT2D eigenvalue weighted by Gasteiger charge is -2.01. The number of aromatic nitrogens is 1. The summed E-state index contributed by atoms with van der Waals surface area (Å²) in [6, 6.07) is 7.79. The van der Waals surface area contributed by atoms with Crippen molar-refractivity contribution in [3.8, 4) is 0 Å². The van der Waals surface area contributed by atoms with Crippen LogP contribution in [0.5, 0.6) is 0 Å². The lowest BCUT2D eigenvalue weighted by molar-refractivity contribution is -0.655. The molecule has 2 aromatic heterocycles. The smallest absolute Gasteiger partial charge is 0.299 e. The molecule has 0 spiro atoms. The monoisotopic (exact) mass is 544 g/mol. The Kier molecular flexibility index (Phi) is 6.94. The van der Waals surface area contributed by atoms with Gasteiger partial charge in [0.2, 0.25) is 22.1 Å². The first-order valence-electron chi connectivity index (χ1n) is 9.26. The van der Waals surface area contributed by atoms with Gasteiger partial charge in [-0.2, -0.15) is 4.57 Å². The highest BCUT2D eigenvalue weighted by molar-refractivity contribution is 8.03. The number of thiazole rings is 1. The molecule has 0 saturated carbocycles. The second-order valence-electron chi connectivity index (χ2n) is 7.03. The number of anilines is 1. The van der Waals surface area contributed by atoms with E-state index in [0.29, 0.717) is 5.02 Å². The Hall–Kier alpha value is -1.50. The molecule has 0 fully saturated rings. The molecule has 1 aliphatic heterocycles. The van der Waals surface area contributed by atoms with Crippen LogP contribution < -0.4 is 14.6 Å². The number of hydrogen-bond acceptors (Lipinski definition) is 8. The zero-order chi connectivity index (χ0) is 23.0. The van der Waals surface area contributed by atoms with Crippen LogP contribution in [0.4, 0.5) is 5.69 Å². The number of halogens is 1. The number of hydrogen-bond donors (Lipinski definition) is 2. The number of nitrogens with zero attached hydrogens (tertiary/aromatic N) is 1. The van der Waals surface area contributed by atoms with Gasteiger partial charge in [0, 0.05) is 22.1 Å². The minimum absolute atomic E-state index is 0.0791. The first kappa shape index (κ1) is 23.7. The van der Waals surface area contributed by atoms with E-state index in [1.807, 2.05) is 54.2 Å². The van der Waals surface area contributed by atoms with Crippen LogP contribution in [0.15, 0.2) is 50.0 Å². The van der Waals surface area contributed by atoms with Gasteiger partial charge in [-0.3, -0.25) is 4.79 Å². The number of amides is 1. The molecule has 1 amide bonds. The van der Waals surface area contributed by atoms with Crippen LogP contribution >= 0.6 is 57.8 Å². The molecule has 2 N–H and O–H groups in total. The highest BCUT2D eigenvalue weighted by Crippen LogP contribution is 2.42. The fourth-order valence-corrected chi connectivity index (χ4v) is 8.02. The SMILES string of the molecule is CSc1cc2c(s1)sc(C=C(C)C=C1Nc3cc(Cl)ccc3S1)[n+]2CC(=O)NS(C)(=O)=O. The van der Waals surface area contributed by atoms with Crippen molar-refractivity contribution in [2.75, 3.05) is 17.8 Å². The van der Waals surface area contributed by atoms with E-state index in [0.717, 1.165) is 46.2 Å². The molecular weight excluding hydrogens is 526 g/mol. The van der Waals surface area contributed by atoms with Gasteiger partial charge >= 0.3 is 0 Å². The molecule has 0 aliphatic carbocycles. The Morgan fingerprint density at radius 3 is 2.81 bits per heavy atom. The van der Waals surface area contributed by atoms with Crippen molar-refractivity contribution in [1.29, 1.82) is 0 Å². The van der Waals surface area contributed by atoms with Crippen LogP contribution in [-0.4, -0.2) is 26.8 Å². The van der Waals surface area contributed by atoms with Gasteiger partial charge in [0.15, 0.2) is 4.01 Å². The highest BCUT2D eigenvalue weighted by atomic mass is 35.5. The molecule has 12 heteroatoms. The topological polar surface area (TPSA) is 79.2 Å². The summed E-state index contributed by atoms with van der Waals surface area (Å²) in [7, 11) is -3.62. The molecule has 3 heterocycles. The van der Waals surface area contributed by atoms with E-state index >= 15 is 0 Å². The van der Waals surface area contributed by atoms with E-state index < -0.39 is 15.9 Å². The van der Waals surface area contributed by atoms with E-state index in [4.69, 9.17) is 11.6 Å². The summed E-state index contributed by atoms with van der Waals surface area (Å²) in [5.41, 5.74) is 2.90. The second kappa shape index (κ2) is 9.40. The number of nitrogens with one attached hydrogen (secondary N) is 2. The molecule has 0 saturated heterocycles. The zero-order valence-corrected chi connectivity index (χ0v) is 22.1. The summed E-state index contributed by atoms with van der Waals surface area (Å²) < 4.78 is 29.1. The Morgan fingerprint density at radius 1 is 1.31 bits per heavy atom. The predicted molar refractivity (Wildman–Crippen MR) is 137 cm³/mol. The molecule has 0 bridgehead atoms. The second-order valence-corrected chi connectivity index (χ2v) is 13.7. The maximum absolute atomic E-state index is 12.4. The normalized spacial score (nSPS) is 15.2. The van der Waals surface area contributed by atoms with Crippen molar-refractivity contribution in [2.45, 2.75) is 22.6 Å². The van der Waals surface area contributed by atoms with Gasteiger partial charge in [-0.05, 0) is 43.0 Å². The number of rotatable bonds is 6. The fourth-order valence-electron chi connectivity index (χ4n) is 3.10. The van der Waals surface area contributed by atoms with Crippen LogP contribution in [0, 0.1) is 0 Å². The largest absolute Gasteiger partial charge is 0.349 e. The van der Waals surface area contributed by atoms with Crippen molar-refractivity contribution < 1.29 is 17.8 Å². The van der Waals surface area contributed by atoms with Crippen LogP contribution in [0.1, 0.15) is 11.9 Å². The van der Waals surface area contributed by atoms with Crippen molar-refractivity contribution in [1.82, 2.24) is 4.72 Å². The summed E-state index contributed by atoms with van der Waals surface area (Å²) in [5.74, 6) is -0.569. The number of sulfonamides is 1. The maximum atomic E-state index is 12.4. The van der Waals surface area contributed by atoms with Gasteiger partial charge in [-0.25, -0.2) is 13.1 Å². The van der Waals surface area contributed by atoms with Crippen molar-refractivity contribution in [2.24, 2.45) is 0 Å². The number of allylic oxidation sites excluding steroid dienone is 2. The number of thioether (sulfide) groups is 2. The number of benzene rings is 1. The highest BCUT2D eigenvalue weighted by Gasteiger charge is 2.26. The average molecular weight is 545 g/mol. The molecule has 0 atom stereocenters. The molecule has 4 rings (SSSR count). The number of carbonyl (C=O) groups excluding carboxylic acids is 1. The summed E-state index contributed by atoms with van der Waals surface area (Å²) in [4.78, 5) is 13.5. The van der Waals surface area contributed by atoms with Crippen LogP contribution in [0.3, 0.4) is 0 Å². The van der Waals surface area contributed by atoms with Gasteiger partial charge in [0.25, 0.3) is 10.9 Å². The first-order chi connectivity index (χ1) is 15.1. The molecule has 1 aromatic carbocycles. The molecule has 1 aliphatic rings. The van der Waals surface area contributed by atoms with Crippen molar-refractivity contribution in [3.63, 3.8) is 0 Å². The van der Waals surface area contributed by atoms with Crippen LogP contribution in [0.25, 0.3) is 15.6 Å². The average Bonchev–Trinajstić information content (AvgIpc) is 3.33. The molecule has 3 aromatic rings. The first-order valence-corrected chi connectivity index (χ1v) is 15.2. The van der Waals surface area contributed by atoms with Gasteiger partial charge in [-0.1, -0.05) is 34.7 Å².